The summed E-state index contributed by atoms with van der Waals surface area (Å²) in [6, 6.07) is 5.60. The lowest BCUT2D eigenvalue weighted by atomic mass is 10.1. The summed E-state index contributed by atoms with van der Waals surface area (Å²) in [5, 5.41) is 9.67. The largest absolute Gasteiger partial charge is 0.504 e. The topological polar surface area (TPSA) is 32.7 Å². The minimum Gasteiger partial charge on any atom is -0.504 e. The number of ether oxygens (including phenoxy) is 1. The summed E-state index contributed by atoms with van der Waals surface area (Å²) in [4.78, 5) is 2.31. The highest BCUT2D eigenvalue weighted by molar-refractivity contribution is 5.55. The van der Waals surface area contributed by atoms with Crippen LogP contribution in [0.3, 0.4) is 0 Å². The molecule has 0 unspecified atom stereocenters. The van der Waals surface area contributed by atoms with Gasteiger partial charge in [0.05, 0.1) is 7.11 Å². The van der Waals surface area contributed by atoms with Crippen LogP contribution in [0.2, 0.25) is 0 Å². The van der Waals surface area contributed by atoms with Gasteiger partial charge in [0.15, 0.2) is 11.5 Å². The number of phenolic OH excluding ortho intramolecular Hbond substituents is 1. The van der Waals surface area contributed by atoms with Crippen LogP contribution in [0.15, 0.2) is 18.2 Å². The maximum absolute atomic E-state index is 9.67. The molecule has 3 heteroatoms. The minimum atomic E-state index is 0.223. The van der Waals surface area contributed by atoms with Crippen molar-refractivity contribution in [1.82, 2.24) is 0 Å². The highest BCUT2D eigenvalue weighted by Crippen LogP contribution is 2.31. The third-order valence-electron chi connectivity index (χ3n) is 2.88. The molecule has 0 amide bonds. The second-order valence-corrected chi connectivity index (χ2v) is 3.90. The van der Waals surface area contributed by atoms with Gasteiger partial charge >= 0.3 is 0 Å². The van der Waals surface area contributed by atoms with Crippen LogP contribution >= 0.6 is 0 Å². The Hall–Kier alpha value is -1.38. The Morgan fingerprint density at radius 1 is 1.20 bits per heavy atom. The smallest absolute Gasteiger partial charge is 0.160 e. The molecule has 0 atom stereocenters. The van der Waals surface area contributed by atoms with Crippen LogP contribution in [-0.2, 0) is 0 Å². The molecule has 1 N–H and O–H groups in total. The molecule has 0 saturated carbocycles. The summed E-state index contributed by atoms with van der Waals surface area (Å²) in [5.74, 6) is 0.760. The lowest BCUT2D eigenvalue weighted by Crippen LogP contribution is -2.29. The van der Waals surface area contributed by atoms with Gasteiger partial charge in [0.2, 0.25) is 0 Å². The summed E-state index contributed by atoms with van der Waals surface area (Å²) in [6.07, 6.45) is 3.80. The third kappa shape index (κ3) is 2.17. The normalized spacial score (nSPS) is 16.5. The van der Waals surface area contributed by atoms with Crippen LogP contribution in [0.1, 0.15) is 19.3 Å². The summed E-state index contributed by atoms with van der Waals surface area (Å²) in [7, 11) is 1.57. The van der Waals surface area contributed by atoms with E-state index in [1.807, 2.05) is 12.1 Å². The molecule has 3 nitrogen and oxygen atoms in total. The fraction of sp³-hybridized carbons (Fsp3) is 0.500. The molecule has 1 saturated heterocycles. The Morgan fingerprint density at radius 2 is 1.93 bits per heavy atom. The van der Waals surface area contributed by atoms with Crippen LogP contribution in [-0.4, -0.2) is 25.3 Å². The summed E-state index contributed by atoms with van der Waals surface area (Å²) in [5.41, 5.74) is 1.09. The van der Waals surface area contributed by atoms with Crippen molar-refractivity contribution in [3.8, 4) is 11.5 Å². The predicted molar refractivity (Wildman–Crippen MR) is 60.7 cm³/mol. The van der Waals surface area contributed by atoms with Crippen LogP contribution in [0.5, 0.6) is 11.5 Å². The van der Waals surface area contributed by atoms with E-state index in [1.165, 1.54) is 19.3 Å². The SMILES string of the molecule is COc1ccc(N2CCCCC2)cc1O. The van der Waals surface area contributed by atoms with Gasteiger partial charge in [-0.25, -0.2) is 0 Å². The molecule has 1 fully saturated rings. The van der Waals surface area contributed by atoms with Gasteiger partial charge in [-0.2, -0.15) is 0 Å². The number of nitrogens with zero attached hydrogens (tertiary/aromatic N) is 1. The monoisotopic (exact) mass is 207 g/mol. The molecule has 82 valence electrons. The molecular formula is C12H17NO2. The molecule has 0 radical (unpaired) electrons. The first kappa shape index (κ1) is 10.1. The Labute approximate surface area is 90.3 Å². The molecule has 0 bridgehead atoms. The lowest BCUT2D eigenvalue weighted by Gasteiger charge is -2.29. The predicted octanol–water partition coefficient (Wildman–Crippen LogP) is 2.39. The summed E-state index contributed by atoms with van der Waals surface area (Å²) < 4.78 is 5.02. The standard InChI is InChI=1S/C12H17NO2/c1-15-12-6-5-10(9-11(12)14)13-7-3-2-4-8-13/h5-6,9,14H,2-4,7-8H2,1H3. The van der Waals surface area contributed by atoms with Crippen molar-refractivity contribution in [1.29, 1.82) is 0 Å². The zero-order chi connectivity index (χ0) is 10.7. The van der Waals surface area contributed by atoms with Gasteiger partial charge in [0, 0.05) is 24.8 Å². The summed E-state index contributed by atoms with van der Waals surface area (Å²) >= 11 is 0. The van der Waals surface area contributed by atoms with Crippen molar-refractivity contribution < 1.29 is 9.84 Å². The average molecular weight is 207 g/mol. The maximum atomic E-state index is 9.67. The molecule has 1 aromatic rings. The fourth-order valence-corrected chi connectivity index (χ4v) is 2.03. The summed E-state index contributed by atoms with van der Waals surface area (Å²) in [6.45, 7) is 2.18. The number of benzene rings is 1. The second-order valence-electron chi connectivity index (χ2n) is 3.90. The molecule has 0 aromatic heterocycles. The third-order valence-corrected chi connectivity index (χ3v) is 2.88. The molecular weight excluding hydrogens is 190 g/mol. The number of hydrogen-bond acceptors (Lipinski definition) is 3. The number of piperidine rings is 1. The van der Waals surface area contributed by atoms with Crippen molar-refractivity contribution in [2.75, 3.05) is 25.1 Å². The zero-order valence-electron chi connectivity index (χ0n) is 9.07. The van der Waals surface area contributed by atoms with Crippen LogP contribution in [0.25, 0.3) is 0 Å². The van der Waals surface area contributed by atoms with Crippen molar-refractivity contribution in [3.05, 3.63) is 18.2 Å². The van der Waals surface area contributed by atoms with Crippen LogP contribution < -0.4 is 9.64 Å². The zero-order valence-corrected chi connectivity index (χ0v) is 9.07. The maximum Gasteiger partial charge on any atom is 0.160 e. The van der Waals surface area contributed by atoms with Crippen LogP contribution in [0, 0.1) is 0 Å². The van der Waals surface area contributed by atoms with Crippen molar-refractivity contribution >= 4 is 5.69 Å². The molecule has 1 heterocycles. The van der Waals surface area contributed by atoms with E-state index >= 15 is 0 Å². The Bertz CT molecular complexity index is 332. The Morgan fingerprint density at radius 3 is 2.53 bits per heavy atom. The van der Waals surface area contributed by atoms with Gasteiger partial charge in [-0.15, -0.1) is 0 Å². The number of anilines is 1. The number of methoxy groups -OCH3 is 1. The van der Waals surface area contributed by atoms with Crippen molar-refractivity contribution in [2.24, 2.45) is 0 Å². The Kier molecular flexibility index (Phi) is 2.99. The Balaban J connectivity index is 2.17. The molecule has 0 aliphatic carbocycles. The van der Waals surface area contributed by atoms with Gasteiger partial charge in [-0.1, -0.05) is 0 Å². The molecule has 1 aromatic carbocycles. The first-order valence-electron chi connectivity index (χ1n) is 5.43. The van der Waals surface area contributed by atoms with Gasteiger partial charge in [0.1, 0.15) is 0 Å². The van der Waals surface area contributed by atoms with Crippen molar-refractivity contribution in [3.63, 3.8) is 0 Å². The van der Waals surface area contributed by atoms with Crippen molar-refractivity contribution in [2.45, 2.75) is 19.3 Å². The quantitative estimate of drug-likeness (QED) is 0.808. The van der Waals surface area contributed by atoms with E-state index in [-0.39, 0.29) is 5.75 Å². The molecule has 0 spiro atoms. The van der Waals surface area contributed by atoms with E-state index in [4.69, 9.17) is 4.74 Å². The van der Waals surface area contributed by atoms with E-state index in [0.717, 1.165) is 18.8 Å². The first-order valence-corrected chi connectivity index (χ1v) is 5.43. The van der Waals surface area contributed by atoms with Gasteiger partial charge in [0.25, 0.3) is 0 Å². The fourth-order valence-electron chi connectivity index (χ4n) is 2.03. The van der Waals surface area contributed by atoms with E-state index in [2.05, 4.69) is 4.90 Å². The number of rotatable bonds is 2. The minimum absolute atomic E-state index is 0.223. The number of aromatic hydroxyl groups is 1. The van der Waals surface area contributed by atoms with E-state index in [9.17, 15) is 5.11 Å². The van der Waals surface area contributed by atoms with E-state index in [0.29, 0.717) is 5.75 Å². The lowest BCUT2D eigenvalue weighted by molar-refractivity contribution is 0.373. The highest BCUT2D eigenvalue weighted by atomic mass is 16.5. The van der Waals surface area contributed by atoms with Gasteiger partial charge in [-0.3, -0.25) is 0 Å². The highest BCUT2D eigenvalue weighted by Gasteiger charge is 2.12. The number of phenols is 1. The van der Waals surface area contributed by atoms with Gasteiger partial charge in [-0.05, 0) is 31.4 Å². The molecule has 1 aliphatic heterocycles. The number of hydrogen-bond donors (Lipinski definition) is 1. The molecule has 15 heavy (non-hydrogen) atoms. The first-order chi connectivity index (χ1) is 7.31. The second kappa shape index (κ2) is 4.43. The van der Waals surface area contributed by atoms with E-state index in [1.54, 1.807) is 13.2 Å². The average Bonchev–Trinajstić information content (AvgIpc) is 2.30. The van der Waals surface area contributed by atoms with Gasteiger partial charge < -0.3 is 14.7 Å². The molecule has 2 rings (SSSR count). The van der Waals surface area contributed by atoms with Crippen LogP contribution in [0.4, 0.5) is 5.69 Å². The van der Waals surface area contributed by atoms with E-state index < -0.39 is 0 Å². The molecule has 1 aliphatic rings.